The zero-order valence-electron chi connectivity index (χ0n) is 13.4. The van der Waals surface area contributed by atoms with Crippen molar-refractivity contribution in [2.45, 2.75) is 44.2 Å². The molecule has 2 aromatic rings. The van der Waals surface area contributed by atoms with Gasteiger partial charge in [0.2, 0.25) is 5.91 Å². The summed E-state index contributed by atoms with van der Waals surface area (Å²) in [6.45, 7) is 0. The SMILES string of the molecule is O=C(CCc1cncnc1)NC1CC(Nc2cc(C(F)F)ncn2)C1. The molecule has 1 fully saturated rings. The van der Waals surface area contributed by atoms with Crippen molar-refractivity contribution in [3.63, 3.8) is 0 Å². The van der Waals surface area contributed by atoms with E-state index in [1.807, 2.05) is 0 Å². The molecule has 0 aromatic carbocycles. The zero-order valence-corrected chi connectivity index (χ0v) is 13.4. The summed E-state index contributed by atoms with van der Waals surface area (Å²) in [6.07, 6.45) is 5.78. The number of nitrogens with one attached hydrogen (secondary N) is 2. The Balaban J connectivity index is 1.38. The lowest BCUT2D eigenvalue weighted by molar-refractivity contribution is -0.122. The van der Waals surface area contributed by atoms with Crippen LogP contribution in [0.4, 0.5) is 14.6 Å². The topological polar surface area (TPSA) is 92.7 Å². The number of carbonyl (C=O) groups excluding carboxylic acids is 1. The van der Waals surface area contributed by atoms with Gasteiger partial charge in [-0.2, -0.15) is 0 Å². The molecule has 0 atom stereocenters. The van der Waals surface area contributed by atoms with Crippen molar-refractivity contribution >= 4 is 11.7 Å². The van der Waals surface area contributed by atoms with Gasteiger partial charge in [-0.05, 0) is 24.8 Å². The molecule has 2 N–H and O–H groups in total. The van der Waals surface area contributed by atoms with Crippen LogP contribution in [0.25, 0.3) is 0 Å². The maximum Gasteiger partial charge on any atom is 0.280 e. The smallest absolute Gasteiger partial charge is 0.280 e. The van der Waals surface area contributed by atoms with Gasteiger partial charge in [-0.15, -0.1) is 0 Å². The molecular formula is C16H18F2N6O. The van der Waals surface area contributed by atoms with Gasteiger partial charge in [0.15, 0.2) is 0 Å². The molecule has 1 saturated carbocycles. The molecule has 3 rings (SSSR count). The first-order valence-corrected chi connectivity index (χ1v) is 8.00. The standard InChI is InChI=1S/C16H18F2N6O/c17-16(18)13-5-14(22-9-21-13)23-11-3-12(4-11)24-15(25)2-1-10-6-19-8-20-7-10/h5-9,11-12,16H,1-4H2,(H,24,25)(H,21,22,23). The van der Waals surface area contributed by atoms with Crippen LogP contribution in [-0.4, -0.2) is 37.9 Å². The number of carbonyl (C=O) groups is 1. The maximum absolute atomic E-state index is 12.6. The van der Waals surface area contributed by atoms with Crippen LogP contribution < -0.4 is 10.6 Å². The van der Waals surface area contributed by atoms with Gasteiger partial charge in [0.25, 0.3) is 6.43 Å². The normalized spacial score (nSPS) is 19.3. The number of hydrogen-bond acceptors (Lipinski definition) is 6. The fourth-order valence-corrected chi connectivity index (χ4v) is 2.65. The molecule has 0 radical (unpaired) electrons. The predicted octanol–water partition coefficient (Wildman–Crippen LogP) is 1.90. The summed E-state index contributed by atoms with van der Waals surface area (Å²) in [5.41, 5.74) is 0.621. The Morgan fingerprint density at radius 2 is 1.92 bits per heavy atom. The third-order valence-electron chi connectivity index (χ3n) is 4.02. The van der Waals surface area contributed by atoms with Crippen molar-refractivity contribution in [2.75, 3.05) is 5.32 Å². The highest BCUT2D eigenvalue weighted by molar-refractivity contribution is 5.76. The van der Waals surface area contributed by atoms with Crippen molar-refractivity contribution in [3.8, 4) is 0 Å². The van der Waals surface area contributed by atoms with Gasteiger partial charge in [-0.1, -0.05) is 0 Å². The molecular weight excluding hydrogens is 330 g/mol. The summed E-state index contributed by atoms with van der Waals surface area (Å²) in [5.74, 6) is 0.360. The van der Waals surface area contributed by atoms with Gasteiger partial charge in [-0.25, -0.2) is 28.7 Å². The van der Waals surface area contributed by atoms with E-state index in [2.05, 4.69) is 30.6 Å². The third kappa shape index (κ3) is 4.88. The fraction of sp³-hybridized carbons (Fsp3) is 0.438. The summed E-state index contributed by atoms with van der Waals surface area (Å²) in [5, 5.41) is 6.04. The molecule has 7 nitrogen and oxygen atoms in total. The molecule has 9 heteroatoms. The van der Waals surface area contributed by atoms with Gasteiger partial charge in [0.05, 0.1) is 0 Å². The van der Waals surface area contributed by atoms with E-state index in [1.54, 1.807) is 12.4 Å². The van der Waals surface area contributed by atoms with Gasteiger partial charge in [0, 0.05) is 37.0 Å². The highest BCUT2D eigenvalue weighted by atomic mass is 19.3. The quantitative estimate of drug-likeness (QED) is 0.794. The third-order valence-corrected chi connectivity index (χ3v) is 4.02. The molecule has 0 saturated heterocycles. The lowest BCUT2D eigenvalue weighted by Crippen LogP contribution is -2.49. The zero-order chi connectivity index (χ0) is 17.6. The Bertz CT molecular complexity index is 709. The van der Waals surface area contributed by atoms with Crippen LogP contribution >= 0.6 is 0 Å². The second kappa shape index (κ2) is 7.91. The number of halogens is 2. The van der Waals surface area contributed by atoms with Crippen molar-refractivity contribution in [1.82, 2.24) is 25.3 Å². The average molecular weight is 348 g/mol. The Morgan fingerprint density at radius 1 is 1.16 bits per heavy atom. The number of nitrogens with zero attached hydrogens (tertiary/aromatic N) is 4. The van der Waals surface area contributed by atoms with Crippen LogP contribution in [0.15, 0.2) is 31.1 Å². The van der Waals surface area contributed by atoms with Crippen molar-refractivity contribution in [1.29, 1.82) is 0 Å². The van der Waals surface area contributed by atoms with E-state index in [4.69, 9.17) is 0 Å². The molecule has 1 aliphatic rings. The second-order valence-electron chi connectivity index (χ2n) is 5.95. The molecule has 1 aliphatic carbocycles. The van der Waals surface area contributed by atoms with E-state index < -0.39 is 6.43 Å². The Hall–Kier alpha value is -2.71. The first-order valence-electron chi connectivity index (χ1n) is 8.00. The van der Waals surface area contributed by atoms with E-state index in [0.717, 1.165) is 24.7 Å². The Labute approximate surface area is 143 Å². The maximum atomic E-state index is 12.6. The van der Waals surface area contributed by atoms with Crippen LogP contribution in [-0.2, 0) is 11.2 Å². The second-order valence-corrected chi connectivity index (χ2v) is 5.95. The first-order chi connectivity index (χ1) is 12.1. The average Bonchev–Trinajstić information content (AvgIpc) is 2.59. The van der Waals surface area contributed by atoms with Crippen molar-refractivity contribution < 1.29 is 13.6 Å². The van der Waals surface area contributed by atoms with Gasteiger partial charge < -0.3 is 10.6 Å². The van der Waals surface area contributed by atoms with Crippen LogP contribution in [0.3, 0.4) is 0 Å². The molecule has 0 aliphatic heterocycles. The Morgan fingerprint density at radius 3 is 2.64 bits per heavy atom. The summed E-state index contributed by atoms with van der Waals surface area (Å²) >= 11 is 0. The number of anilines is 1. The first kappa shape index (κ1) is 17.1. The van der Waals surface area contributed by atoms with Crippen LogP contribution in [0.1, 0.15) is 36.9 Å². The Kier molecular flexibility index (Phi) is 5.42. The van der Waals surface area contributed by atoms with Gasteiger partial charge in [-0.3, -0.25) is 4.79 Å². The molecule has 132 valence electrons. The summed E-state index contributed by atoms with van der Waals surface area (Å²) in [4.78, 5) is 27.2. The van der Waals surface area contributed by atoms with Crippen molar-refractivity contribution in [2.24, 2.45) is 0 Å². The van der Waals surface area contributed by atoms with Crippen LogP contribution in [0.5, 0.6) is 0 Å². The number of aromatic nitrogens is 4. The number of alkyl halides is 2. The molecule has 2 heterocycles. The van der Waals surface area contributed by atoms with Crippen molar-refractivity contribution in [3.05, 3.63) is 42.4 Å². The van der Waals surface area contributed by atoms with Crippen LogP contribution in [0.2, 0.25) is 0 Å². The van der Waals surface area contributed by atoms with Gasteiger partial charge >= 0.3 is 0 Å². The van der Waals surface area contributed by atoms with E-state index in [0.29, 0.717) is 18.7 Å². The summed E-state index contributed by atoms with van der Waals surface area (Å²) < 4.78 is 25.2. The monoisotopic (exact) mass is 348 g/mol. The molecule has 0 spiro atoms. The lowest BCUT2D eigenvalue weighted by atomic mass is 9.86. The summed E-state index contributed by atoms with van der Waals surface area (Å²) in [7, 11) is 0. The van der Waals surface area contributed by atoms with E-state index in [1.165, 1.54) is 12.4 Å². The minimum atomic E-state index is -2.62. The largest absolute Gasteiger partial charge is 0.367 e. The molecule has 2 aromatic heterocycles. The summed E-state index contributed by atoms with van der Waals surface area (Å²) in [6, 6.07) is 1.44. The predicted molar refractivity (Wildman–Crippen MR) is 85.9 cm³/mol. The highest BCUT2D eigenvalue weighted by Gasteiger charge is 2.30. The number of aryl methyl sites for hydroxylation is 1. The lowest BCUT2D eigenvalue weighted by Gasteiger charge is -2.36. The minimum absolute atomic E-state index is 0.0191. The molecule has 0 unspecified atom stereocenters. The van der Waals surface area contributed by atoms with Gasteiger partial charge in [0.1, 0.15) is 24.2 Å². The van der Waals surface area contributed by atoms with Crippen LogP contribution in [0, 0.1) is 0 Å². The van der Waals surface area contributed by atoms with E-state index in [9.17, 15) is 13.6 Å². The van der Waals surface area contributed by atoms with E-state index >= 15 is 0 Å². The molecule has 25 heavy (non-hydrogen) atoms. The highest BCUT2D eigenvalue weighted by Crippen LogP contribution is 2.25. The fourth-order valence-electron chi connectivity index (χ4n) is 2.65. The number of hydrogen-bond donors (Lipinski definition) is 2. The number of amides is 1. The minimum Gasteiger partial charge on any atom is -0.367 e. The molecule has 0 bridgehead atoms. The molecule has 1 amide bonds. The van der Waals surface area contributed by atoms with E-state index in [-0.39, 0.29) is 23.7 Å². The number of rotatable bonds is 7.